The minimum absolute atomic E-state index is 0.193. The van der Waals surface area contributed by atoms with Crippen molar-refractivity contribution in [2.45, 2.75) is 25.3 Å². The lowest BCUT2D eigenvalue weighted by Crippen LogP contribution is -2.31. The van der Waals surface area contributed by atoms with Crippen LogP contribution in [0.4, 0.5) is 4.39 Å². The van der Waals surface area contributed by atoms with E-state index in [4.69, 9.17) is 0 Å². The van der Waals surface area contributed by atoms with Crippen LogP contribution in [0.2, 0.25) is 0 Å². The van der Waals surface area contributed by atoms with Crippen molar-refractivity contribution in [2.75, 3.05) is 0 Å². The highest BCUT2D eigenvalue weighted by Gasteiger charge is 2.26. The Morgan fingerprint density at radius 3 is 2.92 bits per heavy atom. The third-order valence-electron chi connectivity index (χ3n) is 4.82. The molecule has 132 valence electrons. The maximum Gasteiger partial charge on any atom is 0.255 e. The molecule has 2 aromatic carbocycles. The molecule has 1 heterocycles. The molecule has 1 aliphatic carbocycles. The average molecular weight is 351 g/mol. The molecule has 0 aliphatic heterocycles. The van der Waals surface area contributed by atoms with Crippen molar-refractivity contribution in [2.24, 2.45) is 0 Å². The molecule has 1 unspecified atom stereocenters. The van der Waals surface area contributed by atoms with Gasteiger partial charge in [-0.3, -0.25) is 9.89 Å². The molecular formula is C20H18FN3O2. The highest BCUT2D eigenvalue weighted by molar-refractivity contribution is 6.00. The van der Waals surface area contributed by atoms with Gasteiger partial charge in [0.1, 0.15) is 11.6 Å². The zero-order chi connectivity index (χ0) is 18.1. The summed E-state index contributed by atoms with van der Waals surface area (Å²) in [4.78, 5) is 12.8. The molecule has 6 heteroatoms. The maximum absolute atomic E-state index is 14.1. The van der Waals surface area contributed by atoms with Crippen molar-refractivity contribution in [3.63, 3.8) is 0 Å². The van der Waals surface area contributed by atoms with Crippen LogP contribution in [0.3, 0.4) is 0 Å². The Bertz CT molecular complexity index is 967. The van der Waals surface area contributed by atoms with E-state index in [1.807, 2.05) is 6.07 Å². The van der Waals surface area contributed by atoms with Crippen molar-refractivity contribution >= 4 is 5.91 Å². The highest BCUT2D eigenvalue weighted by Crippen LogP contribution is 2.35. The van der Waals surface area contributed by atoms with E-state index < -0.39 is 5.82 Å². The van der Waals surface area contributed by atoms with Gasteiger partial charge in [-0.05, 0) is 48.6 Å². The first-order valence-corrected chi connectivity index (χ1v) is 8.55. The van der Waals surface area contributed by atoms with Crippen molar-refractivity contribution in [3.05, 3.63) is 71.2 Å². The number of H-pyrrole nitrogens is 1. The number of hydrogen-bond donors (Lipinski definition) is 3. The van der Waals surface area contributed by atoms with Gasteiger partial charge in [0.15, 0.2) is 0 Å². The quantitative estimate of drug-likeness (QED) is 0.673. The second-order valence-corrected chi connectivity index (χ2v) is 6.40. The van der Waals surface area contributed by atoms with E-state index in [0.717, 1.165) is 30.4 Å². The van der Waals surface area contributed by atoms with Gasteiger partial charge in [0.05, 0.1) is 23.5 Å². The fourth-order valence-electron chi connectivity index (χ4n) is 3.54. The zero-order valence-electron chi connectivity index (χ0n) is 14.0. The summed E-state index contributed by atoms with van der Waals surface area (Å²) >= 11 is 0. The number of halogens is 1. The van der Waals surface area contributed by atoms with Gasteiger partial charge in [-0.2, -0.15) is 5.10 Å². The molecule has 0 radical (unpaired) electrons. The second kappa shape index (κ2) is 6.63. The van der Waals surface area contributed by atoms with Crippen LogP contribution in [-0.4, -0.2) is 21.2 Å². The van der Waals surface area contributed by atoms with Crippen LogP contribution in [0.15, 0.2) is 48.7 Å². The SMILES string of the molecule is O=C(NC1CCCc2c(O)cccc21)c1cn[nH]c1-c1ccccc1F. The Labute approximate surface area is 149 Å². The fraction of sp³-hybridized carbons (Fsp3) is 0.200. The van der Waals surface area contributed by atoms with E-state index in [1.54, 1.807) is 30.3 Å². The van der Waals surface area contributed by atoms with E-state index in [1.165, 1.54) is 12.3 Å². The molecule has 0 bridgehead atoms. The molecule has 0 fully saturated rings. The van der Waals surface area contributed by atoms with Crippen molar-refractivity contribution in [3.8, 4) is 17.0 Å². The fourth-order valence-corrected chi connectivity index (χ4v) is 3.54. The molecule has 4 rings (SSSR count). The number of carbonyl (C=O) groups excluding carboxylic acids is 1. The summed E-state index contributed by atoms with van der Waals surface area (Å²) in [5.41, 5.74) is 2.76. The Morgan fingerprint density at radius 1 is 1.23 bits per heavy atom. The van der Waals surface area contributed by atoms with Gasteiger partial charge in [-0.15, -0.1) is 0 Å². The molecular weight excluding hydrogens is 333 g/mol. The number of fused-ring (bicyclic) bond motifs is 1. The third-order valence-corrected chi connectivity index (χ3v) is 4.82. The van der Waals surface area contributed by atoms with E-state index in [2.05, 4.69) is 15.5 Å². The van der Waals surface area contributed by atoms with Gasteiger partial charge in [-0.25, -0.2) is 4.39 Å². The van der Waals surface area contributed by atoms with Gasteiger partial charge in [0, 0.05) is 5.56 Å². The number of carbonyl (C=O) groups is 1. The van der Waals surface area contributed by atoms with Crippen LogP contribution in [0.5, 0.6) is 5.75 Å². The van der Waals surface area contributed by atoms with Crippen LogP contribution < -0.4 is 5.32 Å². The first-order chi connectivity index (χ1) is 12.6. The minimum Gasteiger partial charge on any atom is -0.508 e. The molecule has 0 saturated carbocycles. The minimum atomic E-state index is -0.418. The number of hydrogen-bond acceptors (Lipinski definition) is 3. The van der Waals surface area contributed by atoms with E-state index in [0.29, 0.717) is 16.8 Å². The molecule has 0 saturated heterocycles. The Morgan fingerprint density at radius 2 is 2.08 bits per heavy atom. The zero-order valence-corrected chi connectivity index (χ0v) is 14.0. The van der Waals surface area contributed by atoms with Crippen LogP contribution in [0.1, 0.15) is 40.4 Å². The van der Waals surface area contributed by atoms with Crippen LogP contribution >= 0.6 is 0 Å². The Balaban J connectivity index is 1.63. The number of rotatable bonds is 3. The van der Waals surface area contributed by atoms with E-state index in [9.17, 15) is 14.3 Å². The largest absolute Gasteiger partial charge is 0.508 e. The monoisotopic (exact) mass is 351 g/mol. The van der Waals surface area contributed by atoms with Crippen LogP contribution in [-0.2, 0) is 6.42 Å². The number of aromatic amines is 1. The van der Waals surface area contributed by atoms with Crippen molar-refractivity contribution in [1.82, 2.24) is 15.5 Å². The number of phenols is 1. The number of aromatic nitrogens is 2. The molecule has 1 aromatic heterocycles. The standard InChI is InChI=1S/C20H18FN3O2/c21-16-8-2-1-5-14(16)19-15(11-22-24-19)20(26)23-17-9-3-7-13-12(17)6-4-10-18(13)25/h1-2,4-6,8,10-11,17,25H,3,7,9H2,(H,22,24)(H,23,26). The number of amides is 1. The molecule has 3 N–H and O–H groups in total. The van der Waals surface area contributed by atoms with E-state index in [-0.39, 0.29) is 17.7 Å². The number of aromatic hydroxyl groups is 1. The molecule has 1 aliphatic rings. The average Bonchev–Trinajstić information content (AvgIpc) is 3.13. The summed E-state index contributed by atoms with van der Waals surface area (Å²) in [5, 5.41) is 19.7. The molecule has 26 heavy (non-hydrogen) atoms. The second-order valence-electron chi connectivity index (χ2n) is 6.40. The number of phenolic OH excluding ortho intramolecular Hbond substituents is 1. The first-order valence-electron chi connectivity index (χ1n) is 8.55. The normalized spacial score (nSPS) is 16.1. The number of nitrogens with zero attached hydrogens (tertiary/aromatic N) is 1. The number of benzene rings is 2. The van der Waals surface area contributed by atoms with Crippen LogP contribution in [0, 0.1) is 5.82 Å². The Kier molecular flexibility index (Phi) is 4.16. The summed E-state index contributed by atoms with van der Waals surface area (Å²) in [6.07, 6.45) is 3.86. The topological polar surface area (TPSA) is 78.0 Å². The van der Waals surface area contributed by atoms with Crippen LogP contribution in [0.25, 0.3) is 11.3 Å². The highest BCUT2D eigenvalue weighted by atomic mass is 19.1. The molecule has 3 aromatic rings. The summed E-state index contributed by atoms with van der Waals surface area (Å²) in [7, 11) is 0. The van der Waals surface area contributed by atoms with Gasteiger partial charge in [0.2, 0.25) is 0 Å². The molecule has 5 nitrogen and oxygen atoms in total. The van der Waals surface area contributed by atoms with Crippen molar-refractivity contribution < 1.29 is 14.3 Å². The number of nitrogens with one attached hydrogen (secondary N) is 2. The summed E-state index contributed by atoms with van der Waals surface area (Å²) in [5.74, 6) is -0.478. The smallest absolute Gasteiger partial charge is 0.255 e. The van der Waals surface area contributed by atoms with Gasteiger partial charge in [0.25, 0.3) is 5.91 Å². The predicted octanol–water partition coefficient (Wildman–Crippen LogP) is 3.73. The lowest BCUT2D eigenvalue weighted by molar-refractivity contribution is 0.0933. The predicted molar refractivity (Wildman–Crippen MR) is 95.2 cm³/mol. The van der Waals surface area contributed by atoms with E-state index >= 15 is 0 Å². The van der Waals surface area contributed by atoms with Gasteiger partial charge in [-0.1, -0.05) is 24.3 Å². The lowest BCUT2D eigenvalue weighted by atomic mass is 9.87. The third kappa shape index (κ3) is 2.83. The van der Waals surface area contributed by atoms with Gasteiger partial charge >= 0.3 is 0 Å². The summed E-state index contributed by atoms with van der Waals surface area (Å²) < 4.78 is 14.1. The summed E-state index contributed by atoms with van der Waals surface area (Å²) in [6.45, 7) is 0. The Hall–Kier alpha value is -3.15. The maximum atomic E-state index is 14.1. The summed E-state index contributed by atoms with van der Waals surface area (Å²) in [6, 6.07) is 11.4. The molecule has 0 spiro atoms. The first kappa shape index (κ1) is 16.3. The molecule has 1 atom stereocenters. The lowest BCUT2D eigenvalue weighted by Gasteiger charge is -2.27. The molecule has 1 amide bonds. The van der Waals surface area contributed by atoms with Crippen molar-refractivity contribution in [1.29, 1.82) is 0 Å². The van der Waals surface area contributed by atoms with Gasteiger partial charge < -0.3 is 10.4 Å².